The zero-order valence-electron chi connectivity index (χ0n) is 7.84. The summed E-state index contributed by atoms with van der Waals surface area (Å²) in [5.41, 5.74) is 1.03. The molecule has 0 amide bonds. The van der Waals surface area contributed by atoms with Gasteiger partial charge in [-0.2, -0.15) is 3.89 Å². The van der Waals surface area contributed by atoms with E-state index in [0.717, 1.165) is 5.57 Å². The van der Waals surface area contributed by atoms with E-state index in [2.05, 4.69) is 13.2 Å². The third kappa shape index (κ3) is 4.68. The van der Waals surface area contributed by atoms with Gasteiger partial charge in [0.15, 0.2) is 0 Å². The molecule has 0 fully saturated rings. The van der Waals surface area contributed by atoms with Crippen LogP contribution in [0.4, 0.5) is 3.89 Å². The highest BCUT2D eigenvalue weighted by Gasteiger charge is 2.04. The highest BCUT2D eigenvalue weighted by Crippen LogP contribution is 2.13. The van der Waals surface area contributed by atoms with Crippen LogP contribution in [0, 0.1) is 5.92 Å². The Balaban J connectivity index is 4.21. The predicted octanol–water partition coefficient (Wildman–Crippen LogP) is 3.46. The summed E-state index contributed by atoms with van der Waals surface area (Å²) in [7, 11) is 0. The van der Waals surface area contributed by atoms with Gasteiger partial charge < -0.3 is 0 Å². The van der Waals surface area contributed by atoms with Crippen molar-refractivity contribution >= 4 is 17.3 Å². The summed E-state index contributed by atoms with van der Waals surface area (Å²) < 4.78 is 11.8. The van der Waals surface area contributed by atoms with Crippen LogP contribution in [0.2, 0.25) is 0 Å². The zero-order valence-corrected chi connectivity index (χ0v) is 8.66. The molecule has 0 rings (SSSR count). The molecule has 0 aromatic heterocycles. The smallest absolute Gasteiger partial charge is 0.250 e. The molecule has 72 valence electrons. The molecular formula is C10H13FOS. The Labute approximate surface area is 82.7 Å². The summed E-state index contributed by atoms with van der Waals surface area (Å²) in [5.74, 6) is 0.317. The molecule has 0 aromatic carbocycles. The summed E-state index contributed by atoms with van der Waals surface area (Å²) in [6.07, 6.45) is 3.17. The van der Waals surface area contributed by atoms with Gasteiger partial charge in [-0.15, -0.1) is 0 Å². The van der Waals surface area contributed by atoms with E-state index in [1.54, 1.807) is 6.08 Å². The first-order valence-electron chi connectivity index (χ1n) is 3.87. The van der Waals surface area contributed by atoms with E-state index in [0.29, 0.717) is 5.92 Å². The Morgan fingerprint density at radius 1 is 1.38 bits per heavy atom. The fourth-order valence-corrected chi connectivity index (χ4v) is 0.685. The van der Waals surface area contributed by atoms with Gasteiger partial charge >= 0.3 is 0 Å². The van der Waals surface area contributed by atoms with Gasteiger partial charge in [0.05, 0.1) is 0 Å². The van der Waals surface area contributed by atoms with Crippen molar-refractivity contribution in [2.45, 2.75) is 13.8 Å². The van der Waals surface area contributed by atoms with Gasteiger partial charge in [0.2, 0.25) is 0 Å². The number of allylic oxidation sites excluding steroid dienone is 3. The van der Waals surface area contributed by atoms with Crippen LogP contribution in [-0.2, 0) is 4.79 Å². The quantitative estimate of drug-likeness (QED) is 0.510. The molecule has 13 heavy (non-hydrogen) atoms. The van der Waals surface area contributed by atoms with Crippen LogP contribution in [0.3, 0.4) is 0 Å². The van der Waals surface area contributed by atoms with E-state index in [9.17, 15) is 8.68 Å². The van der Waals surface area contributed by atoms with Gasteiger partial charge in [-0.3, -0.25) is 4.79 Å². The summed E-state index contributed by atoms with van der Waals surface area (Å²) in [6.45, 7) is 11.2. The second kappa shape index (κ2) is 5.75. The Morgan fingerprint density at radius 2 is 1.92 bits per heavy atom. The highest BCUT2D eigenvalue weighted by molar-refractivity contribution is 8.09. The van der Waals surface area contributed by atoms with Crippen LogP contribution in [-0.4, -0.2) is 5.12 Å². The van der Waals surface area contributed by atoms with Crippen molar-refractivity contribution in [2.75, 3.05) is 0 Å². The molecule has 3 heteroatoms. The monoisotopic (exact) mass is 200 g/mol. The number of carbonyl (C=O) groups is 1. The first-order chi connectivity index (χ1) is 5.99. The number of hydrogen-bond donors (Lipinski definition) is 0. The Morgan fingerprint density at radius 3 is 2.31 bits per heavy atom. The third-order valence-electron chi connectivity index (χ3n) is 1.57. The van der Waals surface area contributed by atoms with Crippen molar-refractivity contribution in [1.82, 2.24) is 0 Å². The van der Waals surface area contributed by atoms with Crippen molar-refractivity contribution in [3.05, 3.63) is 36.5 Å². The van der Waals surface area contributed by atoms with Gasteiger partial charge in [0, 0.05) is 5.57 Å². The molecule has 0 aliphatic rings. The average Bonchev–Trinajstić information content (AvgIpc) is 2.11. The van der Waals surface area contributed by atoms with Crippen molar-refractivity contribution in [3.8, 4) is 0 Å². The van der Waals surface area contributed by atoms with Crippen molar-refractivity contribution in [1.29, 1.82) is 0 Å². The summed E-state index contributed by atoms with van der Waals surface area (Å²) >= 11 is -0.326. The largest absolute Gasteiger partial charge is 0.279 e. The summed E-state index contributed by atoms with van der Waals surface area (Å²) in [6, 6.07) is 0. The van der Waals surface area contributed by atoms with Crippen LogP contribution in [0.5, 0.6) is 0 Å². The lowest BCUT2D eigenvalue weighted by Crippen LogP contribution is -1.91. The predicted molar refractivity (Wildman–Crippen MR) is 56.0 cm³/mol. The van der Waals surface area contributed by atoms with Gasteiger partial charge in [-0.05, 0) is 5.92 Å². The Hall–Kier alpha value is -0.830. The van der Waals surface area contributed by atoms with E-state index in [4.69, 9.17) is 0 Å². The van der Waals surface area contributed by atoms with E-state index in [1.165, 1.54) is 6.08 Å². The second-order valence-corrected chi connectivity index (χ2v) is 3.48. The van der Waals surface area contributed by atoms with E-state index in [1.807, 2.05) is 13.8 Å². The van der Waals surface area contributed by atoms with Gasteiger partial charge in [0.1, 0.15) is 12.1 Å². The zero-order chi connectivity index (χ0) is 10.4. The minimum Gasteiger partial charge on any atom is -0.279 e. The lowest BCUT2D eigenvalue weighted by Gasteiger charge is -2.02. The number of hydrogen-bond acceptors (Lipinski definition) is 2. The first-order valence-corrected chi connectivity index (χ1v) is 4.59. The van der Waals surface area contributed by atoms with Crippen LogP contribution >= 0.6 is 12.1 Å². The number of rotatable bonds is 4. The van der Waals surface area contributed by atoms with Gasteiger partial charge in [-0.25, -0.2) is 0 Å². The summed E-state index contributed by atoms with van der Waals surface area (Å²) in [4.78, 5) is 10.7. The average molecular weight is 200 g/mol. The molecule has 0 aliphatic carbocycles. The lowest BCUT2D eigenvalue weighted by molar-refractivity contribution is -0.107. The molecule has 0 aromatic rings. The van der Waals surface area contributed by atoms with E-state index in [-0.39, 0.29) is 17.7 Å². The SMILES string of the molecule is C=C(/C=C\C(=C)C(C)C)C(=O)SF. The first kappa shape index (κ1) is 12.2. The maximum absolute atomic E-state index is 11.8. The Bertz CT molecular complexity index is 254. The summed E-state index contributed by atoms with van der Waals surface area (Å²) in [5, 5.41) is -0.659. The molecule has 0 atom stereocenters. The van der Waals surface area contributed by atoms with Crippen LogP contribution in [0.15, 0.2) is 36.5 Å². The molecular weight excluding hydrogens is 187 g/mol. The molecule has 0 N–H and O–H groups in total. The number of halogens is 1. The number of carbonyl (C=O) groups excluding carboxylic acids is 1. The molecule has 0 saturated carbocycles. The van der Waals surface area contributed by atoms with Crippen molar-refractivity contribution < 1.29 is 8.68 Å². The van der Waals surface area contributed by atoms with Gasteiger partial charge in [-0.1, -0.05) is 44.7 Å². The standard InChI is InChI=1S/C10H13FOS/c1-7(2)8(3)5-6-9(4)10(12)13-11/h5-7H,3-4H2,1-2H3/b6-5-. The third-order valence-corrected chi connectivity index (χ3v) is 1.97. The molecule has 0 bridgehead atoms. The molecule has 0 saturated heterocycles. The van der Waals surface area contributed by atoms with E-state index < -0.39 is 5.12 Å². The van der Waals surface area contributed by atoms with Crippen molar-refractivity contribution in [2.24, 2.45) is 5.92 Å². The minimum absolute atomic E-state index is 0.148. The second-order valence-electron chi connectivity index (χ2n) is 2.95. The maximum atomic E-state index is 11.8. The Kier molecular flexibility index (Phi) is 5.39. The highest BCUT2D eigenvalue weighted by atomic mass is 32.2. The molecule has 0 unspecified atom stereocenters. The van der Waals surface area contributed by atoms with Crippen molar-refractivity contribution in [3.63, 3.8) is 0 Å². The topological polar surface area (TPSA) is 17.1 Å². The van der Waals surface area contributed by atoms with Crippen LogP contribution in [0.25, 0.3) is 0 Å². The maximum Gasteiger partial charge on any atom is 0.250 e. The van der Waals surface area contributed by atoms with E-state index >= 15 is 0 Å². The fraction of sp³-hybridized carbons (Fsp3) is 0.300. The lowest BCUT2D eigenvalue weighted by atomic mass is 10.0. The molecule has 0 spiro atoms. The fourth-order valence-electron chi connectivity index (χ4n) is 0.518. The van der Waals surface area contributed by atoms with Crippen LogP contribution < -0.4 is 0 Å². The molecule has 0 heterocycles. The van der Waals surface area contributed by atoms with Crippen LogP contribution in [0.1, 0.15) is 13.8 Å². The normalized spacial score (nSPS) is 10.8. The van der Waals surface area contributed by atoms with Gasteiger partial charge in [0.25, 0.3) is 5.12 Å². The minimum atomic E-state index is -0.659. The molecule has 0 aliphatic heterocycles. The molecule has 0 radical (unpaired) electrons. The molecule has 1 nitrogen and oxygen atoms in total.